The van der Waals surface area contributed by atoms with Gasteiger partial charge in [0.1, 0.15) is 5.75 Å². The molecule has 0 unspecified atom stereocenters. The molecule has 6 nitrogen and oxygen atoms in total. The fourth-order valence-corrected chi connectivity index (χ4v) is 2.87. The molecule has 0 spiro atoms. The molecule has 0 amide bonds. The molecule has 0 saturated carbocycles. The van der Waals surface area contributed by atoms with Crippen LogP contribution in [0.3, 0.4) is 0 Å². The fourth-order valence-electron chi connectivity index (χ4n) is 2.87. The highest BCUT2D eigenvalue weighted by Gasteiger charge is 2.16. The molecule has 2 aromatic carbocycles. The first-order chi connectivity index (χ1) is 13.1. The molecule has 0 aliphatic rings. The second-order valence-corrected chi connectivity index (χ2v) is 5.77. The van der Waals surface area contributed by atoms with Crippen LogP contribution in [0.5, 0.6) is 23.0 Å². The molecule has 1 aromatic heterocycles. The van der Waals surface area contributed by atoms with Gasteiger partial charge in [0, 0.05) is 28.2 Å². The average molecular weight is 367 g/mol. The van der Waals surface area contributed by atoms with E-state index in [2.05, 4.69) is 4.98 Å². The summed E-state index contributed by atoms with van der Waals surface area (Å²) in [6.45, 7) is 0. The first-order valence-corrected chi connectivity index (χ1v) is 8.28. The summed E-state index contributed by atoms with van der Waals surface area (Å²) in [5, 5.41) is 0.975. The molecule has 0 saturated heterocycles. The largest absolute Gasteiger partial charge is 0.497 e. The van der Waals surface area contributed by atoms with E-state index >= 15 is 0 Å². The lowest BCUT2D eigenvalue weighted by Gasteiger charge is -2.13. The van der Waals surface area contributed by atoms with Crippen molar-refractivity contribution >= 4 is 22.8 Å². The Bertz CT molecular complexity index is 978. The maximum atomic E-state index is 12.7. The Balaban J connectivity index is 1.93. The van der Waals surface area contributed by atoms with Crippen molar-refractivity contribution in [2.24, 2.45) is 0 Å². The average Bonchev–Trinajstić information content (AvgIpc) is 3.12. The minimum absolute atomic E-state index is 0.175. The smallest absolute Gasteiger partial charge is 0.203 e. The Morgan fingerprint density at radius 2 is 1.63 bits per heavy atom. The Labute approximate surface area is 157 Å². The fraction of sp³-hybridized carbons (Fsp3) is 0.190. The van der Waals surface area contributed by atoms with Crippen LogP contribution in [0.1, 0.15) is 15.9 Å². The number of hydrogen-bond acceptors (Lipinski definition) is 5. The van der Waals surface area contributed by atoms with Gasteiger partial charge in [0.2, 0.25) is 5.75 Å². The van der Waals surface area contributed by atoms with Crippen molar-refractivity contribution in [3.63, 3.8) is 0 Å². The quantitative estimate of drug-likeness (QED) is 0.503. The second kappa shape index (κ2) is 7.86. The monoisotopic (exact) mass is 367 g/mol. The highest BCUT2D eigenvalue weighted by atomic mass is 16.5. The van der Waals surface area contributed by atoms with Crippen molar-refractivity contribution in [3.8, 4) is 23.0 Å². The van der Waals surface area contributed by atoms with Gasteiger partial charge >= 0.3 is 0 Å². The van der Waals surface area contributed by atoms with E-state index in [1.807, 2.05) is 24.4 Å². The number of benzene rings is 2. The van der Waals surface area contributed by atoms with Gasteiger partial charge < -0.3 is 23.9 Å². The maximum absolute atomic E-state index is 12.7. The Hall–Kier alpha value is -3.41. The van der Waals surface area contributed by atoms with Crippen LogP contribution in [0.15, 0.2) is 42.6 Å². The minimum Gasteiger partial charge on any atom is -0.497 e. The molecule has 140 valence electrons. The minimum atomic E-state index is -0.175. The number of nitrogens with one attached hydrogen (secondary N) is 1. The van der Waals surface area contributed by atoms with Gasteiger partial charge in [-0.1, -0.05) is 0 Å². The number of ketones is 1. The maximum Gasteiger partial charge on any atom is 0.203 e. The molecule has 1 heterocycles. The first kappa shape index (κ1) is 18.4. The van der Waals surface area contributed by atoms with E-state index < -0.39 is 0 Å². The molecule has 0 aliphatic carbocycles. The van der Waals surface area contributed by atoms with Crippen molar-refractivity contribution in [1.29, 1.82) is 0 Å². The molecular weight excluding hydrogens is 346 g/mol. The summed E-state index contributed by atoms with van der Waals surface area (Å²) in [6.07, 6.45) is 5.13. The predicted molar refractivity (Wildman–Crippen MR) is 104 cm³/mol. The summed E-state index contributed by atoms with van der Waals surface area (Å²) in [7, 11) is 6.17. The lowest BCUT2D eigenvalue weighted by molar-refractivity contribution is 0.104. The van der Waals surface area contributed by atoms with Crippen LogP contribution in [0.4, 0.5) is 0 Å². The summed E-state index contributed by atoms with van der Waals surface area (Å²) in [5.74, 6) is 1.90. The molecule has 0 bridgehead atoms. The van der Waals surface area contributed by atoms with Gasteiger partial charge in [-0.15, -0.1) is 0 Å². The number of carbonyl (C=O) groups excluding carboxylic acids is 1. The zero-order valence-electron chi connectivity index (χ0n) is 15.7. The second-order valence-electron chi connectivity index (χ2n) is 5.77. The molecule has 0 atom stereocenters. The number of aromatic nitrogens is 1. The highest BCUT2D eigenvalue weighted by molar-refractivity contribution is 6.08. The summed E-state index contributed by atoms with van der Waals surface area (Å²) in [4.78, 5) is 15.8. The lowest BCUT2D eigenvalue weighted by Crippen LogP contribution is -2.00. The summed E-state index contributed by atoms with van der Waals surface area (Å²) in [6, 6.07) is 9.01. The van der Waals surface area contributed by atoms with Crippen LogP contribution in [0.2, 0.25) is 0 Å². The van der Waals surface area contributed by atoms with Crippen LogP contribution in [-0.4, -0.2) is 39.2 Å². The lowest BCUT2D eigenvalue weighted by atomic mass is 10.1. The summed E-state index contributed by atoms with van der Waals surface area (Å²) in [5.41, 5.74) is 2.30. The summed E-state index contributed by atoms with van der Waals surface area (Å²) >= 11 is 0. The van der Waals surface area contributed by atoms with Crippen LogP contribution < -0.4 is 18.9 Å². The third kappa shape index (κ3) is 3.60. The summed E-state index contributed by atoms with van der Waals surface area (Å²) < 4.78 is 21.2. The molecule has 1 N–H and O–H groups in total. The third-order valence-corrected chi connectivity index (χ3v) is 4.28. The number of rotatable bonds is 7. The number of carbonyl (C=O) groups is 1. The normalized spacial score (nSPS) is 11.0. The van der Waals surface area contributed by atoms with E-state index in [-0.39, 0.29) is 5.78 Å². The number of H-pyrrole nitrogens is 1. The number of fused-ring (bicyclic) bond motifs is 1. The number of ether oxygens (including phenoxy) is 4. The highest BCUT2D eigenvalue weighted by Crippen LogP contribution is 2.38. The van der Waals surface area contributed by atoms with Gasteiger partial charge in [0.15, 0.2) is 17.3 Å². The van der Waals surface area contributed by atoms with Gasteiger partial charge in [-0.2, -0.15) is 0 Å². The van der Waals surface area contributed by atoms with Crippen molar-refractivity contribution in [1.82, 2.24) is 4.98 Å². The molecular formula is C21H21NO5. The topological polar surface area (TPSA) is 69.8 Å². The van der Waals surface area contributed by atoms with E-state index in [9.17, 15) is 4.79 Å². The molecule has 3 rings (SSSR count). The van der Waals surface area contributed by atoms with Crippen molar-refractivity contribution in [3.05, 3.63) is 53.7 Å². The van der Waals surface area contributed by atoms with Crippen LogP contribution >= 0.6 is 0 Å². The van der Waals surface area contributed by atoms with Crippen molar-refractivity contribution in [2.75, 3.05) is 28.4 Å². The van der Waals surface area contributed by atoms with Gasteiger partial charge in [0.05, 0.1) is 28.4 Å². The van der Waals surface area contributed by atoms with E-state index in [4.69, 9.17) is 18.9 Å². The van der Waals surface area contributed by atoms with Gasteiger partial charge in [-0.25, -0.2) is 0 Å². The number of hydrogen-bond donors (Lipinski definition) is 1. The van der Waals surface area contributed by atoms with Crippen LogP contribution in [0.25, 0.3) is 17.0 Å². The molecule has 6 heteroatoms. The zero-order chi connectivity index (χ0) is 19.4. The van der Waals surface area contributed by atoms with E-state index in [1.165, 1.54) is 27.4 Å². The van der Waals surface area contributed by atoms with Crippen LogP contribution in [-0.2, 0) is 0 Å². The van der Waals surface area contributed by atoms with E-state index in [0.29, 0.717) is 22.8 Å². The Morgan fingerprint density at radius 1 is 0.926 bits per heavy atom. The zero-order valence-corrected chi connectivity index (χ0v) is 15.7. The molecule has 3 aromatic rings. The standard InChI is InChI=1S/C21H21NO5/c1-24-15-6-7-17-16(11-15)13(12-22-17)5-8-18(23)14-9-19(25-2)21(27-4)20(10-14)26-3/h5-12,22H,1-4H3. The SMILES string of the molecule is COc1ccc2[nH]cc(C=CC(=O)c3cc(OC)c(OC)c(OC)c3)c2c1. The Kier molecular flexibility index (Phi) is 5.35. The first-order valence-electron chi connectivity index (χ1n) is 8.28. The van der Waals surface area contributed by atoms with Crippen LogP contribution in [0, 0.1) is 0 Å². The molecule has 0 fully saturated rings. The number of methoxy groups -OCH3 is 4. The van der Waals surface area contributed by atoms with Gasteiger partial charge in [-0.05, 0) is 42.5 Å². The van der Waals surface area contributed by atoms with Gasteiger partial charge in [0.25, 0.3) is 0 Å². The van der Waals surface area contributed by atoms with Gasteiger partial charge in [-0.3, -0.25) is 4.79 Å². The van der Waals surface area contributed by atoms with E-state index in [1.54, 1.807) is 25.3 Å². The van der Waals surface area contributed by atoms with E-state index in [0.717, 1.165) is 22.2 Å². The molecule has 0 radical (unpaired) electrons. The third-order valence-electron chi connectivity index (χ3n) is 4.28. The van der Waals surface area contributed by atoms with Crippen molar-refractivity contribution in [2.45, 2.75) is 0 Å². The Morgan fingerprint density at radius 3 is 2.22 bits per heavy atom. The molecule has 0 aliphatic heterocycles. The molecule has 27 heavy (non-hydrogen) atoms. The van der Waals surface area contributed by atoms with Crippen molar-refractivity contribution < 1.29 is 23.7 Å². The predicted octanol–water partition coefficient (Wildman–Crippen LogP) is 4.10. The number of allylic oxidation sites excluding steroid dienone is 1. The number of aromatic amines is 1.